The van der Waals surface area contributed by atoms with Gasteiger partial charge in [-0.2, -0.15) is 0 Å². The van der Waals surface area contributed by atoms with Crippen molar-refractivity contribution in [1.82, 2.24) is 4.90 Å². The van der Waals surface area contributed by atoms with Gasteiger partial charge in [-0.3, -0.25) is 0 Å². The first-order valence-electron chi connectivity index (χ1n) is 8.53. The van der Waals surface area contributed by atoms with Gasteiger partial charge in [0.05, 0.1) is 0 Å². The van der Waals surface area contributed by atoms with E-state index in [0.29, 0.717) is 6.04 Å². The summed E-state index contributed by atoms with van der Waals surface area (Å²) >= 11 is 1.92. The van der Waals surface area contributed by atoms with Crippen LogP contribution in [-0.4, -0.2) is 30.8 Å². The van der Waals surface area contributed by atoms with E-state index in [1.807, 2.05) is 11.8 Å². The van der Waals surface area contributed by atoms with E-state index in [1.54, 1.807) is 0 Å². The van der Waals surface area contributed by atoms with Gasteiger partial charge >= 0.3 is 17.1 Å². The van der Waals surface area contributed by atoms with Crippen LogP contribution in [0.5, 0.6) is 0 Å². The fourth-order valence-electron chi connectivity index (χ4n) is 3.18. The zero-order valence-electron chi connectivity index (χ0n) is 14.8. The van der Waals surface area contributed by atoms with Gasteiger partial charge in [0.1, 0.15) is 0 Å². The second-order valence-corrected chi connectivity index (χ2v) is 7.47. The van der Waals surface area contributed by atoms with Gasteiger partial charge in [-0.1, -0.05) is 18.2 Å². The summed E-state index contributed by atoms with van der Waals surface area (Å²) in [6, 6.07) is 11.1. The summed E-state index contributed by atoms with van der Waals surface area (Å²) in [7, 11) is 4.38. The Balaban J connectivity index is 0.00000225. The molecule has 1 nitrogen and oxygen atoms in total. The zero-order valence-corrected chi connectivity index (χ0v) is 16.8. The van der Waals surface area contributed by atoms with E-state index in [4.69, 9.17) is 0 Å². The van der Waals surface area contributed by atoms with Gasteiger partial charge in [0.25, 0.3) is 0 Å². The normalized spacial score (nSPS) is 20.9. The molecule has 1 aromatic carbocycles. The van der Waals surface area contributed by atoms with Gasteiger partial charge in [0.2, 0.25) is 0 Å². The minimum Gasteiger partial charge on any atom is -0.306 e. The van der Waals surface area contributed by atoms with Crippen LogP contribution in [0.4, 0.5) is 0 Å². The van der Waals surface area contributed by atoms with Crippen molar-refractivity contribution in [2.75, 3.05) is 19.8 Å². The van der Waals surface area contributed by atoms with Crippen molar-refractivity contribution in [2.45, 2.75) is 23.8 Å². The third-order valence-electron chi connectivity index (χ3n) is 4.50. The predicted octanol–water partition coefficient (Wildman–Crippen LogP) is 4.67. The first-order chi connectivity index (χ1) is 11.7. The summed E-state index contributed by atoms with van der Waals surface area (Å²) in [5, 5.41) is 0. The van der Waals surface area contributed by atoms with E-state index in [2.05, 4.69) is 94.3 Å². The molecular formula is C22H25FeNS+2. The van der Waals surface area contributed by atoms with Crippen LogP contribution in [0.1, 0.15) is 12.8 Å². The molecule has 3 rings (SSSR count). The van der Waals surface area contributed by atoms with Gasteiger partial charge < -0.3 is 4.90 Å². The Kier molecular flexibility index (Phi) is 9.41. The molecule has 2 fully saturated rings. The molecule has 0 saturated heterocycles. The number of rotatable bonds is 8. The summed E-state index contributed by atoms with van der Waals surface area (Å²) in [6.07, 6.45) is 17.8. The molecule has 0 bridgehead atoms. The third kappa shape index (κ3) is 6.31. The molecule has 10 radical (unpaired) electrons. The first kappa shape index (κ1) is 21.4. The van der Waals surface area contributed by atoms with E-state index < -0.39 is 0 Å². The van der Waals surface area contributed by atoms with Gasteiger partial charge in [-0.15, -0.1) is 11.8 Å². The summed E-state index contributed by atoms with van der Waals surface area (Å²) in [4.78, 5) is 3.69. The molecule has 0 spiro atoms. The summed E-state index contributed by atoms with van der Waals surface area (Å²) in [6.45, 7) is 0. The topological polar surface area (TPSA) is 3.24 Å². The largest absolute Gasteiger partial charge is 2.00 e. The average molecular weight is 391 g/mol. The van der Waals surface area contributed by atoms with Gasteiger partial charge in [0.15, 0.2) is 0 Å². The van der Waals surface area contributed by atoms with E-state index in [-0.39, 0.29) is 17.1 Å². The van der Waals surface area contributed by atoms with Gasteiger partial charge in [0, 0.05) is 22.6 Å². The molecule has 1 aromatic rings. The van der Waals surface area contributed by atoms with Crippen molar-refractivity contribution in [3.8, 4) is 0 Å². The summed E-state index contributed by atoms with van der Waals surface area (Å²) in [5.74, 6) is 5.42. The van der Waals surface area contributed by atoms with Crippen molar-refractivity contribution >= 4 is 11.8 Å². The van der Waals surface area contributed by atoms with E-state index in [1.165, 1.54) is 22.6 Å². The van der Waals surface area contributed by atoms with Crippen LogP contribution >= 0.6 is 11.8 Å². The number of benzene rings is 1. The Morgan fingerprint density at radius 2 is 1.64 bits per heavy atom. The maximum atomic E-state index is 2.36. The van der Waals surface area contributed by atoms with Crippen molar-refractivity contribution < 1.29 is 17.1 Å². The van der Waals surface area contributed by atoms with Crippen LogP contribution in [0.2, 0.25) is 0 Å². The Morgan fingerprint density at radius 1 is 0.920 bits per heavy atom. The molecule has 0 aromatic heterocycles. The van der Waals surface area contributed by atoms with Gasteiger partial charge in [-0.25, -0.2) is 0 Å². The van der Waals surface area contributed by atoms with Crippen LogP contribution in [0.25, 0.3) is 0 Å². The number of thioether (sulfide) groups is 1. The second kappa shape index (κ2) is 11.0. The predicted molar refractivity (Wildman–Crippen MR) is 104 cm³/mol. The molecule has 0 unspecified atom stereocenters. The van der Waals surface area contributed by atoms with E-state index in [0.717, 1.165) is 18.6 Å². The fraction of sp³-hybridized carbons (Fsp3) is 0.273. The van der Waals surface area contributed by atoms with Crippen LogP contribution in [0, 0.1) is 62.7 Å². The molecule has 1 atom stereocenters. The van der Waals surface area contributed by atoms with Crippen molar-refractivity contribution in [3.05, 3.63) is 93.0 Å². The van der Waals surface area contributed by atoms with Gasteiger partial charge in [-0.05, 0) is 95.9 Å². The average Bonchev–Trinajstić information content (AvgIpc) is 3.26. The summed E-state index contributed by atoms with van der Waals surface area (Å²) < 4.78 is 0. The summed E-state index contributed by atoms with van der Waals surface area (Å²) in [5.41, 5.74) is 0. The van der Waals surface area contributed by atoms with Crippen LogP contribution < -0.4 is 0 Å². The molecule has 0 heterocycles. The number of nitrogens with zero attached hydrogens (tertiary/aromatic N) is 1. The second-order valence-electron chi connectivity index (χ2n) is 6.42. The minimum absolute atomic E-state index is 0. The van der Waals surface area contributed by atoms with Crippen molar-refractivity contribution in [1.29, 1.82) is 0 Å². The molecule has 0 aliphatic heterocycles. The van der Waals surface area contributed by atoms with Crippen LogP contribution in [-0.2, 0) is 17.1 Å². The monoisotopic (exact) mass is 391 g/mol. The minimum atomic E-state index is 0. The molecular weight excluding hydrogens is 366 g/mol. The van der Waals surface area contributed by atoms with E-state index >= 15 is 0 Å². The molecule has 2 aliphatic rings. The van der Waals surface area contributed by atoms with E-state index in [9.17, 15) is 0 Å². The first-order valence-corrected chi connectivity index (χ1v) is 9.52. The molecule has 0 N–H and O–H groups in total. The Labute approximate surface area is 170 Å². The molecule has 2 aliphatic carbocycles. The molecule has 25 heavy (non-hydrogen) atoms. The molecule has 2 saturated carbocycles. The number of hydrogen-bond acceptors (Lipinski definition) is 2. The Hall–Kier alpha value is 0.0495. The smallest absolute Gasteiger partial charge is 0.306 e. The maximum absolute atomic E-state index is 2.36. The van der Waals surface area contributed by atoms with Crippen LogP contribution in [0.3, 0.4) is 0 Å². The Bertz CT molecular complexity index is 472. The fourth-order valence-corrected chi connectivity index (χ4v) is 4.12. The third-order valence-corrected chi connectivity index (χ3v) is 5.56. The molecule has 130 valence electrons. The van der Waals surface area contributed by atoms with Crippen LogP contribution in [0.15, 0.2) is 35.2 Å². The quantitative estimate of drug-likeness (QED) is 0.468. The molecule has 3 heteroatoms. The van der Waals surface area contributed by atoms with Crippen molar-refractivity contribution in [3.63, 3.8) is 0 Å². The zero-order chi connectivity index (χ0) is 16.8. The molecule has 0 amide bonds. The maximum Gasteiger partial charge on any atom is 2.00 e. The van der Waals surface area contributed by atoms with Crippen molar-refractivity contribution in [2.24, 2.45) is 0 Å². The standard InChI is InChI=1S/C22H25NS.Fe/c1-23(2)22(16-15-18-9-6-7-10-18)21-14-8-11-19(21)17-24-20-12-4-3-5-13-20;/h3-14,22H,15-17H2,1-2H3;/q;+2/t22-;/m1./s1. The number of hydrogen-bond donors (Lipinski definition) is 0. The Morgan fingerprint density at radius 3 is 2.32 bits per heavy atom. The SMILES string of the molecule is CN(C)[C@H](CC[C]1[CH][CH][CH][CH]1)[C]1[CH][CH][CH][C]1CSc1ccccc1.[Fe+2].